The number of ketones is 1. The number of methoxy groups -OCH3 is 1. The van der Waals surface area contributed by atoms with E-state index in [1.807, 2.05) is 6.07 Å². The van der Waals surface area contributed by atoms with Crippen LogP contribution in [-0.4, -0.2) is 18.0 Å². The number of hydrogen-bond donors (Lipinski definition) is 2. The number of phenolic OH excluding ortho intramolecular Hbond substituents is 1. The van der Waals surface area contributed by atoms with Crippen molar-refractivity contribution in [2.24, 2.45) is 5.73 Å². The maximum Gasteiger partial charge on any atom is 0.161 e. The lowest BCUT2D eigenvalue weighted by molar-refractivity contribution is -0.116. The van der Waals surface area contributed by atoms with E-state index in [1.54, 1.807) is 6.07 Å². The van der Waals surface area contributed by atoms with Gasteiger partial charge in [-0.25, -0.2) is 8.78 Å². The molecule has 0 radical (unpaired) electrons. The van der Waals surface area contributed by atoms with Gasteiger partial charge in [0.15, 0.2) is 17.3 Å². The molecule has 0 amide bonds. The Kier molecular flexibility index (Phi) is 5.11. The van der Waals surface area contributed by atoms with E-state index in [9.17, 15) is 23.9 Å². The number of aromatic hydroxyl groups is 1. The van der Waals surface area contributed by atoms with Gasteiger partial charge in [-0.1, -0.05) is 12.1 Å². The monoisotopic (exact) mass is 423 g/mol. The van der Waals surface area contributed by atoms with Crippen molar-refractivity contribution >= 4 is 11.5 Å². The van der Waals surface area contributed by atoms with Gasteiger partial charge in [-0.2, -0.15) is 5.26 Å². The zero-order valence-electron chi connectivity index (χ0n) is 16.7. The van der Waals surface area contributed by atoms with Crippen LogP contribution in [0.3, 0.4) is 0 Å². The maximum absolute atomic E-state index is 14.7. The Morgan fingerprint density at radius 3 is 2.58 bits per heavy atom. The average Bonchev–Trinajstić information content (AvgIpc) is 2.75. The van der Waals surface area contributed by atoms with Crippen LogP contribution >= 0.6 is 0 Å². The normalized spacial score (nSPS) is 18.7. The maximum atomic E-state index is 14.7. The van der Waals surface area contributed by atoms with Crippen LogP contribution in [0.25, 0.3) is 0 Å². The summed E-state index contributed by atoms with van der Waals surface area (Å²) in [7, 11) is 1.38. The van der Waals surface area contributed by atoms with Gasteiger partial charge in [0.05, 0.1) is 24.7 Å². The fourth-order valence-corrected chi connectivity index (χ4v) is 4.25. The summed E-state index contributed by atoms with van der Waals surface area (Å²) in [6, 6.07) is 9.94. The Balaban J connectivity index is 2.01. The quantitative estimate of drug-likeness (QED) is 0.775. The number of Topliss-reactive ketones (excluding diaryl/α,β-unsaturated/α-hetero) is 1. The van der Waals surface area contributed by atoms with Crippen LogP contribution < -0.4 is 15.4 Å². The van der Waals surface area contributed by atoms with Gasteiger partial charge in [0.2, 0.25) is 0 Å². The van der Waals surface area contributed by atoms with E-state index in [2.05, 4.69) is 0 Å². The fourth-order valence-electron chi connectivity index (χ4n) is 4.25. The number of rotatable bonds is 3. The van der Waals surface area contributed by atoms with E-state index in [-0.39, 0.29) is 40.7 Å². The lowest BCUT2D eigenvalue weighted by Gasteiger charge is -2.39. The number of para-hydroxylation sites is 1. The van der Waals surface area contributed by atoms with E-state index in [4.69, 9.17) is 10.5 Å². The first-order valence-corrected chi connectivity index (χ1v) is 9.66. The van der Waals surface area contributed by atoms with Crippen molar-refractivity contribution in [3.8, 4) is 17.6 Å². The molecule has 2 aliphatic rings. The zero-order chi connectivity index (χ0) is 22.3. The molecule has 0 saturated heterocycles. The molecule has 0 spiro atoms. The van der Waals surface area contributed by atoms with Gasteiger partial charge in [-0.3, -0.25) is 9.69 Å². The highest BCUT2D eigenvalue weighted by atomic mass is 19.1. The van der Waals surface area contributed by atoms with Crippen molar-refractivity contribution < 1.29 is 23.4 Å². The van der Waals surface area contributed by atoms with Crippen molar-refractivity contribution in [2.75, 3.05) is 12.0 Å². The molecular formula is C23H19F2N3O3. The van der Waals surface area contributed by atoms with Crippen LogP contribution in [0, 0.1) is 23.0 Å². The smallest absolute Gasteiger partial charge is 0.161 e. The standard InChI is InChI=1S/C23H19F2N3O3/c1-31-19-10-12(8-9-17(19)29)20-13(11-26)23(27)28(16-6-3-7-18(30)21(16)20)22-14(24)4-2-5-15(22)25/h2,4-5,8-10,20,29H,3,6-7,27H2,1H3. The molecular weight excluding hydrogens is 404 g/mol. The molecule has 1 atom stereocenters. The Labute approximate surface area is 177 Å². The summed E-state index contributed by atoms with van der Waals surface area (Å²) in [5, 5.41) is 19.9. The van der Waals surface area contributed by atoms with E-state index in [0.29, 0.717) is 24.1 Å². The Hall–Kier alpha value is -3.86. The number of halogens is 2. The molecule has 31 heavy (non-hydrogen) atoms. The molecule has 1 aliphatic carbocycles. The predicted octanol–water partition coefficient (Wildman–Crippen LogP) is 3.98. The molecule has 2 aromatic carbocycles. The van der Waals surface area contributed by atoms with Crippen molar-refractivity contribution in [1.29, 1.82) is 5.26 Å². The van der Waals surface area contributed by atoms with Crippen molar-refractivity contribution in [3.05, 3.63) is 76.3 Å². The minimum atomic E-state index is -0.852. The van der Waals surface area contributed by atoms with Crippen LogP contribution in [0.5, 0.6) is 11.5 Å². The Morgan fingerprint density at radius 1 is 1.23 bits per heavy atom. The minimum Gasteiger partial charge on any atom is -0.504 e. The van der Waals surface area contributed by atoms with Gasteiger partial charge in [0.25, 0.3) is 0 Å². The lowest BCUT2D eigenvalue weighted by atomic mass is 9.75. The SMILES string of the molecule is COc1cc(C2C(C#N)=C(N)N(c3c(F)cccc3F)C3=C2C(=O)CCC3)ccc1O. The summed E-state index contributed by atoms with van der Waals surface area (Å²) in [4.78, 5) is 14.2. The van der Waals surface area contributed by atoms with Gasteiger partial charge in [-0.05, 0) is 42.7 Å². The number of allylic oxidation sites excluding steroid dienone is 3. The molecule has 158 valence electrons. The number of nitrogens with zero attached hydrogens (tertiary/aromatic N) is 2. The summed E-state index contributed by atoms with van der Waals surface area (Å²) in [5.41, 5.74) is 7.02. The van der Waals surface area contributed by atoms with Crippen molar-refractivity contribution in [1.82, 2.24) is 0 Å². The average molecular weight is 423 g/mol. The van der Waals surface area contributed by atoms with E-state index in [0.717, 1.165) is 17.0 Å². The number of anilines is 1. The van der Waals surface area contributed by atoms with Gasteiger partial charge in [0, 0.05) is 17.7 Å². The number of phenols is 1. The van der Waals surface area contributed by atoms with Gasteiger partial charge >= 0.3 is 0 Å². The van der Waals surface area contributed by atoms with Gasteiger partial charge in [0.1, 0.15) is 23.1 Å². The topological polar surface area (TPSA) is 99.6 Å². The summed E-state index contributed by atoms with van der Waals surface area (Å²) >= 11 is 0. The van der Waals surface area contributed by atoms with Crippen molar-refractivity contribution in [2.45, 2.75) is 25.2 Å². The summed E-state index contributed by atoms with van der Waals surface area (Å²) < 4.78 is 34.5. The molecule has 2 aromatic rings. The third-order valence-electron chi connectivity index (χ3n) is 5.61. The number of ether oxygens (including phenoxy) is 1. The minimum absolute atomic E-state index is 0.00982. The third-order valence-corrected chi connectivity index (χ3v) is 5.61. The summed E-state index contributed by atoms with van der Waals surface area (Å²) in [6.07, 6.45) is 1.10. The number of nitrogens with two attached hydrogens (primary N) is 1. The number of benzene rings is 2. The summed E-state index contributed by atoms with van der Waals surface area (Å²) in [5.74, 6) is -2.84. The third kappa shape index (κ3) is 3.19. The molecule has 0 fully saturated rings. The Morgan fingerprint density at radius 2 is 1.94 bits per heavy atom. The van der Waals surface area contributed by atoms with Crippen LogP contribution in [0.1, 0.15) is 30.7 Å². The second kappa shape index (κ2) is 7.76. The molecule has 3 N–H and O–H groups in total. The van der Waals surface area contributed by atoms with E-state index in [1.165, 1.54) is 25.3 Å². The van der Waals surface area contributed by atoms with Crippen LogP contribution in [-0.2, 0) is 4.79 Å². The number of hydrogen-bond acceptors (Lipinski definition) is 6. The van der Waals surface area contributed by atoms with Crippen molar-refractivity contribution in [3.63, 3.8) is 0 Å². The number of carbonyl (C=O) groups is 1. The highest BCUT2D eigenvalue weighted by Crippen LogP contribution is 2.48. The molecule has 4 rings (SSSR count). The number of carbonyl (C=O) groups excluding carboxylic acids is 1. The second-order valence-corrected chi connectivity index (χ2v) is 7.32. The first-order chi connectivity index (χ1) is 14.9. The molecule has 0 aromatic heterocycles. The highest BCUT2D eigenvalue weighted by molar-refractivity contribution is 6.01. The molecule has 6 nitrogen and oxygen atoms in total. The molecule has 0 saturated carbocycles. The number of nitriles is 1. The zero-order valence-corrected chi connectivity index (χ0v) is 16.7. The molecule has 1 heterocycles. The predicted molar refractivity (Wildman–Crippen MR) is 109 cm³/mol. The van der Waals surface area contributed by atoms with Gasteiger partial charge in [-0.15, -0.1) is 0 Å². The van der Waals surface area contributed by atoms with Crippen LogP contribution in [0.2, 0.25) is 0 Å². The molecule has 1 unspecified atom stereocenters. The highest BCUT2D eigenvalue weighted by Gasteiger charge is 2.41. The van der Waals surface area contributed by atoms with Gasteiger partial charge < -0.3 is 15.6 Å². The largest absolute Gasteiger partial charge is 0.504 e. The summed E-state index contributed by atoms with van der Waals surface area (Å²) in [6.45, 7) is 0. The van der Waals surface area contributed by atoms with Crippen LogP contribution in [0.4, 0.5) is 14.5 Å². The fraction of sp³-hybridized carbons (Fsp3) is 0.217. The second-order valence-electron chi connectivity index (χ2n) is 7.32. The first-order valence-electron chi connectivity index (χ1n) is 9.66. The van der Waals surface area contributed by atoms with E-state index < -0.39 is 23.2 Å². The molecule has 8 heteroatoms. The Bertz CT molecular complexity index is 1180. The first kappa shape index (κ1) is 20.4. The van der Waals surface area contributed by atoms with E-state index >= 15 is 0 Å². The lowest BCUT2D eigenvalue weighted by Crippen LogP contribution is -2.39. The molecule has 0 bridgehead atoms. The van der Waals surface area contributed by atoms with Crippen LogP contribution in [0.15, 0.2) is 59.1 Å². The molecule has 1 aliphatic heterocycles.